The minimum Gasteiger partial charge on any atom is -0.309 e. The van der Waals surface area contributed by atoms with E-state index in [0.29, 0.717) is 21.4 Å². The topological polar surface area (TPSA) is 46.9 Å². The number of amides is 1. The second-order valence-electron chi connectivity index (χ2n) is 4.92. The Morgan fingerprint density at radius 1 is 1.04 bits per heavy atom. The van der Waals surface area contributed by atoms with Crippen LogP contribution in [0.5, 0.6) is 0 Å². The lowest BCUT2D eigenvalue weighted by Gasteiger charge is -2.06. The maximum atomic E-state index is 12.1. The van der Waals surface area contributed by atoms with E-state index in [9.17, 15) is 4.79 Å². The predicted octanol–water partition coefficient (Wildman–Crippen LogP) is 4.36. The zero-order chi connectivity index (χ0) is 16.2. The van der Waals surface area contributed by atoms with Gasteiger partial charge in [0.15, 0.2) is 5.82 Å². The number of carbonyl (C=O) groups excluding carboxylic acids is 1. The minimum absolute atomic E-state index is 0.136. The summed E-state index contributed by atoms with van der Waals surface area (Å²) in [7, 11) is 0. The third-order valence-electron chi connectivity index (χ3n) is 3.26. The summed E-state index contributed by atoms with van der Waals surface area (Å²) in [4.78, 5) is 12.1. The Kier molecular flexibility index (Phi) is 4.65. The van der Waals surface area contributed by atoms with Crippen molar-refractivity contribution >= 4 is 34.9 Å². The molecule has 4 nitrogen and oxygen atoms in total. The van der Waals surface area contributed by atoms with E-state index >= 15 is 0 Å². The van der Waals surface area contributed by atoms with E-state index < -0.39 is 0 Å². The van der Waals surface area contributed by atoms with Crippen LogP contribution in [0, 0.1) is 0 Å². The molecule has 0 saturated heterocycles. The Morgan fingerprint density at radius 3 is 2.61 bits per heavy atom. The van der Waals surface area contributed by atoms with Crippen molar-refractivity contribution in [2.75, 3.05) is 5.32 Å². The Hall–Kier alpha value is -2.30. The highest BCUT2D eigenvalue weighted by Gasteiger charge is 2.11. The van der Waals surface area contributed by atoms with Crippen LogP contribution in [0.2, 0.25) is 10.0 Å². The Bertz CT molecular complexity index is 831. The quantitative estimate of drug-likeness (QED) is 0.763. The third-order valence-corrected chi connectivity index (χ3v) is 4.12. The molecule has 1 aromatic heterocycles. The van der Waals surface area contributed by atoms with E-state index in [1.165, 1.54) is 0 Å². The van der Waals surface area contributed by atoms with Crippen molar-refractivity contribution in [2.24, 2.45) is 0 Å². The van der Waals surface area contributed by atoms with Gasteiger partial charge in [0.25, 0.3) is 0 Å². The summed E-state index contributed by atoms with van der Waals surface area (Å²) in [5.74, 6) is 0.282. The number of benzene rings is 2. The number of aromatic nitrogens is 2. The van der Waals surface area contributed by atoms with Crippen molar-refractivity contribution in [3.8, 4) is 5.69 Å². The molecule has 1 heterocycles. The molecule has 0 bridgehead atoms. The number of rotatable bonds is 4. The van der Waals surface area contributed by atoms with Crippen molar-refractivity contribution < 1.29 is 4.79 Å². The first-order chi connectivity index (χ1) is 11.1. The highest BCUT2D eigenvalue weighted by Crippen LogP contribution is 2.26. The summed E-state index contributed by atoms with van der Waals surface area (Å²) in [5, 5.41) is 7.92. The number of hydrogen-bond acceptors (Lipinski definition) is 2. The molecule has 0 unspecified atom stereocenters. The summed E-state index contributed by atoms with van der Waals surface area (Å²) < 4.78 is 1.70. The first kappa shape index (κ1) is 15.6. The lowest BCUT2D eigenvalue weighted by Crippen LogP contribution is -2.15. The molecule has 0 radical (unpaired) electrons. The number of para-hydroxylation sites is 1. The molecule has 0 fully saturated rings. The van der Waals surface area contributed by atoms with Crippen LogP contribution in [-0.2, 0) is 11.2 Å². The smallest absolute Gasteiger partial charge is 0.230 e. The van der Waals surface area contributed by atoms with Crippen LogP contribution in [-0.4, -0.2) is 15.7 Å². The van der Waals surface area contributed by atoms with Gasteiger partial charge in [0, 0.05) is 12.3 Å². The Morgan fingerprint density at radius 2 is 1.83 bits per heavy atom. The van der Waals surface area contributed by atoms with E-state index in [1.54, 1.807) is 35.1 Å². The van der Waals surface area contributed by atoms with Crippen LogP contribution in [0.4, 0.5) is 5.82 Å². The fourth-order valence-electron chi connectivity index (χ4n) is 2.16. The van der Waals surface area contributed by atoms with Gasteiger partial charge in [-0.05, 0) is 23.8 Å². The number of nitrogens with zero attached hydrogens (tertiary/aromatic N) is 2. The van der Waals surface area contributed by atoms with E-state index in [0.717, 1.165) is 5.69 Å². The predicted molar refractivity (Wildman–Crippen MR) is 92.4 cm³/mol. The van der Waals surface area contributed by atoms with Gasteiger partial charge in [-0.25, -0.2) is 4.68 Å². The van der Waals surface area contributed by atoms with Crippen molar-refractivity contribution in [1.82, 2.24) is 9.78 Å². The zero-order valence-corrected chi connectivity index (χ0v) is 13.6. The van der Waals surface area contributed by atoms with Crippen LogP contribution in [0.1, 0.15) is 5.56 Å². The van der Waals surface area contributed by atoms with Gasteiger partial charge >= 0.3 is 0 Å². The summed E-state index contributed by atoms with van der Waals surface area (Å²) in [6.07, 6.45) is 1.93. The molecule has 0 atom stereocenters. The molecule has 0 aliphatic carbocycles. The average molecular weight is 346 g/mol. The molecule has 6 heteroatoms. The van der Waals surface area contributed by atoms with E-state index in [4.69, 9.17) is 23.2 Å². The van der Waals surface area contributed by atoms with Crippen LogP contribution < -0.4 is 5.32 Å². The average Bonchev–Trinajstić information content (AvgIpc) is 3.01. The van der Waals surface area contributed by atoms with E-state index in [1.807, 2.05) is 30.3 Å². The molecule has 116 valence electrons. The maximum absolute atomic E-state index is 12.1. The minimum atomic E-state index is -0.201. The second kappa shape index (κ2) is 6.86. The molecule has 3 aromatic rings. The summed E-state index contributed by atoms with van der Waals surface area (Å²) >= 11 is 12.0. The fraction of sp³-hybridized carbons (Fsp3) is 0.0588. The van der Waals surface area contributed by atoms with Crippen LogP contribution in [0.15, 0.2) is 60.8 Å². The van der Waals surface area contributed by atoms with Crippen molar-refractivity contribution in [3.05, 3.63) is 76.4 Å². The van der Waals surface area contributed by atoms with Crippen molar-refractivity contribution in [1.29, 1.82) is 0 Å². The molecule has 1 N–H and O–H groups in total. The zero-order valence-electron chi connectivity index (χ0n) is 12.0. The van der Waals surface area contributed by atoms with Crippen molar-refractivity contribution in [3.63, 3.8) is 0 Å². The lowest BCUT2D eigenvalue weighted by atomic mass is 10.1. The molecule has 23 heavy (non-hydrogen) atoms. The summed E-state index contributed by atoms with van der Waals surface area (Å²) in [5.41, 5.74) is 1.60. The molecule has 1 amide bonds. The summed E-state index contributed by atoms with van der Waals surface area (Å²) in [6, 6.07) is 16.6. The maximum Gasteiger partial charge on any atom is 0.230 e. The largest absolute Gasteiger partial charge is 0.309 e. The van der Waals surface area contributed by atoms with Crippen LogP contribution in [0.25, 0.3) is 5.69 Å². The van der Waals surface area contributed by atoms with Crippen molar-refractivity contribution in [2.45, 2.75) is 6.42 Å². The number of anilines is 1. The highest BCUT2D eigenvalue weighted by atomic mass is 35.5. The monoisotopic (exact) mass is 345 g/mol. The Balaban J connectivity index is 1.69. The molecule has 0 saturated carbocycles. The molecule has 3 rings (SSSR count). The second-order valence-corrected chi connectivity index (χ2v) is 5.70. The van der Waals surface area contributed by atoms with Gasteiger partial charge in [0.1, 0.15) is 0 Å². The van der Waals surface area contributed by atoms with Gasteiger partial charge in [-0.2, -0.15) is 5.10 Å². The van der Waals surface area contributed by atoms with E-state index in [-0.39, 0.29) is 12.3 Å². The molecule has 0 spiro atoms. The van der Waals surface area contributed by atoms with Crippen LogP contribution in [0.3, 0.4) is 0 Å². The highest BCUT2D eigenvalue weighted by molar-refractivity contribution is 6.42. The van der Waals surface area contributed by atoms with Gasteiger partial charge in [-0.1, -0.05) is 53.5 Å². The van der Waals surface area contributed by atoms with Gasteiger partial charge < -0.3 is 5.32 Å². The number of hydrogen-bond donors (Lipinski definition) is 1. The molecule has 0 aliphatic rings. The molecule has 2 aromatic carbocycles. The number of halogens is 2. The molecular weight excluding hydrogens is 333 g/mol. The van der Waals surface area contributed by atoms with Gasteiger partial charge in [-0.15, -0.1) is 0 Å². The van der Waals surface area contributed by atoms with Gasteiger partial charge in [0.2, 0.25) is 5.91 Å². The standard InChI is InChI=1S/C17H13Cl2N3O/c18-14-8-4-5-12(17(14)19)11-16(23)20-15-9-10-22(21-15)13-6-2-1-3-7-13/h1-10H,11H2,(H,20,21,23). The van der Waals surface area contributed by atoms with Gasteiger partial charge in [0.05, 0.1) is 22.2 Å². The third kappa shape index (κ3) is 3.73. The van der Waals surface area contributed by atoms with Crippen LogP contribution >= 0.6 is 23.2 Å². The number of nitrogens with one attached hydrogen (secondary N) is 1. The van der Waals surface area contributed by atoms with E-state index in [2.05, 4.69) is 10.4 Å². The normalized spacial score (nSPS) is 10.5. The Labute approximate surface area is 143 Å². The summed E-state index contributed by atoms with van der Waals surface area (Å²) in [6.45, 7) is 0. The first-order valence-corrected chi connectivity index (χ1v) is 7.73. The molecule has 0 aliphatic heterocycles. The molecular formula is C17H13Cl2N3O. The fourth-order valence-corrected chi connectivity index (χ4v) is 2.55. The lowest BCUT2D eigenvalue weighted by molar-refractivity contribution is -0.115. The SMILES string of the molecule is O=C(Cc1cccc(Cl)c1Cl)Nc1ccn(-c2ccccc2)n1. The first-order valence-electron chi connectivity index (χ1n) is 6.97. The number of carbonyl (C=O) groups is 1. The van der Waals surface area contributed by atoms with Gasteiger partial charge in [-0.3, -0.25) is 4.79 Å².